The third-order valence-corrected chi connectivity index (χ3v) is 2.31. The minimum atomic E-state index is 0.420. The van der Waals surface area contributed by atoms with Crippen molar-refractivity contribution in [2.75, 3.05) is 13.7 Å². The Hall–Kier alpha value is -1.69. The van der Waals surface area contributed by atoms with Crippen LogP contribution >= 0.6 is 0 Å². The molecule has 0 radical (unpaired) electrons. The van der Waals surface area contributed by atoms with E-state index in [0.29, 0.717) is 13.0 Å². The lowest BCUT2D eigenvalue weighted by atomic mass is 10.1. The molecule has 0 saturated carbocycles. The molecule has 0 unspecified atom stereocenters. The molecule has 0 aliphatic carbocycles. The van der Waals surface area contributed by atoms with E-state index in [1.54, 1.807) is 7.11 Å². The van der Waals surface area contributed by atoms with Crippen LogP contribution in [0.3, 0.4) is 0 Å². The number of nitrogens with zero attached hydrogens (tertiary/aromatic N) is 1. The van der Waals surface area contributed by atoms with E-state index in [1.807, 2.05) is 12.1 Å². The Morgan fingerprint density at radius 1 is 1.57 bits per heavy atom. The van der Waals surface area contributed by atoms with Crippen LogP contribution in [0.25, 0.3) is 0 Å². The van der Waals surface area contributed by atoms with Crippen LogP contribution in [0.5, 0.6) is 11.5 Å². The van der Waals surface area contributed by atoms with Gasteiger partial charge >= 0.3 is 0 Å². The molecule has 14 heavy (non-hydrogen) atoms. The van der Waals surface area contributed by atoms with Gasteiger partial charge in [0.25, 0.3) is 0 Å². The minimum Gasteiger partial charge on any atom is -0.493 e. The molecule has 3 heteroatoms. The number of ether oxygens (including phenoxy) is 2. The summed E-state index contributed by atoms with van der Waals surface area (Å²) in [7, 11) is 1.62. The van der Waals surface area contributed by atoms with Crippen LogP contribution in [0, 0.1) is 11.3 Å². The summed E-state index contributed by atoms with van der Waals surface area (Å²) in [5.41, 5.74) is 2.14. The van der Waals surface area contributed by atoms with Crippen molar-refractivity contribution >= 4 is 0 Å². The van der Waals surface area contributed by atoms with Crippen molar-refractivity contribution in [1.29, 1.82) is 5.26 Å². The lowest BCUT2D eigenvalue weighted by Gasteiger charge is -2.07. The van der Waals surface area contributed by atoms with Crippen LogP contribution < -0.4 is 9.47 Å². The maximum Gasteiger partial charge on any atom is 0.164 e. The topological polar surface area (TPSA) is 42.2 Å². The monoisotopic (exact) mass is 189 g/mol. The molecule has 0 fully saturated rings. The number of nitriles is 1. The second-order valence-electron chi connectivity index (χ2n) is 3.22. The molecule has 0 amide bonds. The molecule has 72 valence electrons. The molecule has 0 aromatic heterocycles. The van der Waals surface area contributed by atoms with E-state index in [4.69, 9.17) is 14.7 Å². The van der Waals surface area contributed by atoms with Crippen molar-refractivity contribution < 1.29 is 9.47 Å². The predicted molar refractivity (Wildman–Crippen MR) is 51.5 cm³/mol. The van der Waals surface area contributed by atoms with Gasteiger partial charge in [-0.05, 0) is 11.6 Å². The lowest BCUT2D eigenvalue weighted by molar-refractivity contribution is 0.326. The number of benzene rings is 1. The fraction of sp³-hybridized carbons (Fsp3) is 0.364. The number of hydrogen-bond donors (Lipinski definition) is 0. The van der Waals surface area contributed by atoms with Crippen LogP contribution in [0.2, 0.25) is 0 Å². The molecule has 0 atom stereocenters. The summed E-state index contributed by atoms with van der Waals surface area (Å²) in [5.74, 6) is 1.58. The number of rotatable bonds is 2. The standard InChI is InChI=1S/C11H11NO2/c1-13-10-7-8(2-4-12)6-9-3-5-14-11(9)10/h6-7H,2-3,5H2,1H3. The van der Waals surface area contributed by atoms with Gasteiger partial charge in [0.15, 0.2) is 11.5 Å². The van der Waals surface area contributed by atoms with Crippen molar-refractivity contribution in [2.45, 2.75) is 12.8 Å². The zero-order valence-corrected chi connectivity index (χ0v) is 8.04. The molecule has 0 spiro atoms. The third-order valence-electron chi connectivity index (χ3n) is 2.31. The minimum absolute atomic E-state index is 0.420. The first-order valence-corrected chi connectivity index (χ1v) is 4.54. The maximum atomic E-state index is 8.61. The van der Waals surface area contributed by atoms with Gasteiger partial charge in [0.1, 0.15) is 0 Å². The molecule has 1 heterocycles. The smallest absolute Gasteiger partial charge is 0.164 e. The zero-order valence-electron chi connectivity index (χ0n) is 8.04. The van der Waals surface area contributed by atoms with Crippen LogP contribution in [0.15, 0.2) is 12.1 Å². The second kappa shape index (κ2) is 3.59. The fourth-order valence-electron chi connectivity index (χ4n) is 1.68. The molecular formula is C11H11NO2. The number of methoxy groups -OCH3 is 1. The van der Waals surface area contributed by atoms with Crippen molar-refractivity contribution in [3.63, 3.8) is 0 Å². The van der Waals surface area contributed by atoms with Gasteiger partial charge in [0.2, 0.25) is 0 Å². The van der Waals surface area contributed by atoms with Crippen molar-refractivity contribution in [3.8, 4) is 17.6 Å². The summed E-state index contributed by atoms with van der Waals surface area (Å²) in [4.78, 5) is 0. The SMILES string of the molecule is COc1cc(CC#N)cc2c1OCC2. The Morgan fingerprint density at radius 3 is 3.14 bits per heavy atom. The van der Waals surface area contributed by atoms with E-state index in [2.05, 4.69) is 6.07 Å². The van der Waals surface area contributed by atoms with Gasteiger partial charge in [-0.25, -0.2) is 0 Å². The number of fused-ring (bicyclic) bond motifs is 1. The van der Waals surface area contributed by atoms with Crippen molar-refractivity contribution in [3.05, 3.63) is 23.3 Å². The van der Waals surface area contributed by atoms with Crippen molar-refractivity contribution in [2.24, 2.45) is 0 Å². The van der Waals surface area contributed by atoms with E-state index in [1.165, 1.54) is 0 Å². The average molecular weight is 189 g/mol. The van der Waals surface area contributed by atoms with Gasteiger partial charge in [0, 0.05) is 12.0 Å². The Labute approximate surface area is 82.9 Å². The highest BCUT2D eigenvalue weighted by Crippen LogP contribution is 2.36. The Morgan fingerprint density at radius 2 is 2.43 bits per heavy atom. The molecule has 0 saturated heterocycles. The van der Waals surface area contributed by atoms with Gasteiger partial charge in [-0.3, -0.25) is 0 Å². The summed E-state index contributed by atoms with van der Waals surface area (Å²) < 4.78 is 10.7. The van der Waals surface area contributed by atoms with Gasteiger partial charge in [0.05, 0.1) is 26.2 Å². The summed E-state index contributed by atoms with van der Waals surface area (Å²) in [5, 5.41) is 8.61. The highest BCUT2D eigenvalue weighted by molar-refractivity contribution is 5.51. The summed E-state index contributed by atoms with van der Waals surface area (Å²) in [6.07, 6.45) is 1.33. The van der Waals surface area contributed by atoms with E-state index in [9.17, 15) is 0 Å². The van der Waals surface area contributed by atoms with Gasteiger partial charge in [-0.1, -0.05) is 6.07 Å². The van der Waals surface area contributed by atoms with Crippen molar-refractivity contribution in [1.82, 2.24) is 0 Å². The van der Waals surface area contributed by atoms with Crippen LogP contribution in [0.1, 0.15) is 11.1 Å². The first-order chi connectivity index (χ1) is 6.85. The largest absolute Gasteiger partial charge is 0.493 e. The van der Waals surface area contributed by atoms with E-state index in [-0.39, 0.29) is 0 Å². The number of hydrogen-bond acceptors (Lipinski definition) is 3. The Kier molecular flexibility index (Phi) is 2.28. The summed E-state index contributed by atoms with van der Waals surface area (Å²) in [6, 6.07) is 6.02. The molecular weight excluding hydrogens is 178 g/mol. The maximum absolute atomic E-state index is 8.61. The molecule has 0 N–H and O–H groups in total. The zero-order chi connectivity index (χ0) is 9.97. The summed E-state index contributed by atoms with van der Waals surface area (Å²) >= 11 is 0. The fourth-order valence-corrected chi connectivity index (χ4v) is 1.68. The predicted octanol–water partition coefficient (Wildman–Crippen LogP) is 1.70. The Balaban J connectivity index is 2.45. The van der Waals surface area contributed by atoms with Crippen LogP contribution in [-0.2, 0) is 12.8 Å². The molecule has 0 bridgehead atoms. The second-order valence-corrected chi connectivity index (χ2v) is 3.22. The molecule has 1 aromatic rings. The molecule has 1 aromatic carbocycles. The average Bonchev–Trinajstić information content (AvgIpc) is 2.65. The first-order valence-electron chi connectivity index (χ1n) is 4.54. The third kappa shape index (κ3) is 1.39. The highest BCUT2D eigenvalue weighted by Gasteiger charge is 2.18. The quantitative estimate of drug-likeness (QED) is 0.711. The molecule has 1 aliphatic rings. The van der Waals surface area contributed by atoms with E-state index < -0.39 is 0 Å². The van der Waals surface area contributed by atoms with E-state index in [0.717, 1.165) is 29.0 Å². The molecule has 1 aliphatic heterocycles. The lowest BCUT2D eigenvalue weighted by Crippen LogP contribution is -1.92. The van der Waals surface area contributed by atoms with E-state index >= 15 is 0 Å². The molecule has 2 rings (SSSR count). The van der Waals surface area contributed by atoms with Crippen LogP contribution in [-0.4, -0.2) is 13.7 Å². The highest BCUT2D eigenvalue weighted by atomic mass is 16.5. The summed E-state index contributed by atoms with van der Waals surface area (Å²) in [6.45, 7) is 0.710. The van der Waals surface area contributed by atoms with Gasteiger partial charge < -0.3 is 9.47 Å². The van der Waals surface area contributed by atoms with Gasteiger partial charge in [-0.15, -0.1) is 0 Å². The normalized spacial score (nSPS) is 12.9. The van der Waals surface area contributed by atoms with Crippen LogP contribution in [0.4, 0.5) is 0 Å². The van der Waals surface area contributed by atoms with Gasteiger partial charge in [-0.2, -0.15) is 5.26 Å². The first kappa shape index (κ1) is 8.89. The Bertz CT molecular complexity index is 393. The molecule has 3 nitrogen and oxygen atoms in total.